The third-order valence-electron chi connectivity index (χ3n) is 2.85. The van der Waals surface area contributed by atoms with Gasteiger partial charge < -0.3 is 5.11 Å². The Kier molecular flexibility index (Phi) is 3.45. The number of thioether (sulfide) groups is 1. The molecule has 2 rings (SSSR count). The molecule has 0 saturated heterocycles. The van der Waals surface area contributed by atoms with E-state index in [0.29, 0.717) is 0 Å². The van der Waals surface area contributed by atoms with Crippen LogP contribution in [0.4, 0.5) is 0 Å². The molecule has 0 atom stereocenters. The van der Waals surface area contributed by atoms with E-state index in [1.54, 1.807) is 11.8 Å². The fraction of sp³-hybridized carbons (Fsp3) is 0.417. The molecule has 0 amide bonds. The smallest absolute Gasteiger partial charge is 0.303 e. The van der Waals surface area contributed by atoms with Crippen molar-refractivity contribution in [3.05, 3.63) is 29.3 Å². The first-order valence-electron chi connectivity index (χ1n) is 5.20. The second-order valence-electron chi connectivity index (χ2n) is 4.29. The molecule has 0 aromatic heterocycles. The fourth-order valence-electron chi connectivity index (χ4n) is 1.66. The lowest BCUT2D eigenvalue weighted by Crippen LogP contribution is -2.10. The van der Waals surface area contributed by atoms with Gasteiger partial charge in [0.05, 0.1) is 11.4 Å². The lowest BCUT2D eigenvalue weighted by Gasteiger charge is -2.12. The zero-order chi connectivity index (χ0) is 11.6. The zero-order valence-corrected chi connectivity index (χ0v) is 10.4. The number of benzene rings is 1. The van der Waals surface area contributed by atoms with Crippen LogP contribution in [-0.2, 0) is 4.79 Å². The maximum absolute atomic E-state index is 10.7. The Hall–Kier alpha value is -0.670. The maximum Gasteiger partial charge on any atom is 0.303 e. The average Bonchev–Trinajstić information content (AvgIpc) is 2.96. The molecule has 0 aliphatic heterocycles. The molecule has 0 radical (unpaired) electrons. The highest BCUT2D eigenvalue weighted by molar-refractivity contribution is 7.99. The van der Waals surface area contributed by atoms with Gasteiger partial charge in [-0.25, -0.2) is 0 Å². The standard InChI is InChI=1S/C12H13ClO2S/c13-9-3-1-2-4-10(9)16-8-12(5-6-12)7-11(14)15/h1-4H,5-8H2,(H,14,15). The second kappa shape index (κ2) is 4.68. The molecule has 4 heteroatoms. The second-order valence-corrected chi connectivity index (χ2v) is 5.71. The van der Waals surface area contributed by atoms with Gasteiger partial charge in [-0.05, 0) is 30.4 Å². The van der Waals surface area contributed by atoms with Crippen molar-refractivity contribution in [3.63, 3.8) is 0 Å². The van der Waals surface area contributed by atoms with E-state index >= 15 is 0 Å². The van der Waals surface area contributed by atoms with Crippen LogP contribution in [-0.4, -0.2) is 16.8 Å². The maximum atomic E-state index is 10.7. The minimum absolute atomic E-state index is 0.0235. The quantitative estimate of drug-likeness (QED) is 0.817. The Morgan fingerprint density at radius 2 is 2.12 bits per heavy atom. The molecule has 1 aliphatic carbocycles. The van der Waals surface area contributed by atoms with Gasteiger partial charge in [0.25, 0.3) is 0 Å². The number of hydrogen-bond acceptors (Lipinski definition) is 2. The van der Waals surface area contributed by atoms with Crippen molar-refractivity contribution in [1.82, 2.24) is 0 Å². The molecule has 0 heterocycles. The predicted octanol–water partition coefficient (Wildman–Crippen LogP) is 3.69. The molecule has 0 spiro atoms. The highest BCUT2D eigenvalue weighted by Gasteiger charge is 2.44. The summed E-state index contributed by atoms with van der Waals surface area (Å²) in [5.41, 5.74) is 0.0235. The molecule has 1 fully saturated rings. The summed E-state index contributed by atoms with van der Waals surface area (Å²) < 4.78 is 0. The van der Waals surface area contributed by atoms with Gasteiger partial charge in [-0.1, -0.05) is 23.7 Å². The Labute approximate surface area is 104 Å². The first-order chi connectivity index (χ1) is 7.61. The molecule has 1 aromatic carbocycles. The van der Waals surface area contributed by atoms with Crippen LogP contribution >= 0.6 is 23.4 Å². The van der Waals surface area contributed by atoms with Crippen LogP contribution in [0.3, 0.4) is 0 Å². The van der Waals surface area contributed by atoms with Crippen molar-refractivity contribution in [1.29, 1.82) is 0 Å². The van der Waals surface area contributed by atoms with E-state index < -0.39 is 5.97 Å². The summed E-state index contributed by atoms with van der Waals surface area (Å²) in [4.78, 5) is 11.7. The lowest BCUT2D eigenvalue weighted by atomic mass is 10.1. The topological polar surface area (TPSA) is 37.3 Å². The highest BCUT2D eigenvalue weighted by atomic mass is 35.5. The lowest BCUT2D eigenvalue weighted by molar-refractivity contribution is -0.138. The van der Waals surface area contributed by atoms with Crippen molar-refractivity contribution in [2.45, 2.75) is 24.2 Å². The van der Waals surface area contributed by atoms with Crippen LogP contribution < -0.4 is 0 Å². The van der Waals surface area contributed by atoms with Gasteiger partial charge in [0, 0.05) is 10.6 Å². The van der Waals surface area contributed by atoms with Crippen LogP contribution in [0.5, 0.6) is 0 Å². The molecule has 16 heavy (non-hydrogen) atoms. The summed E-state index contributed by atoms with van der Waals surface area (Å²) >= 11 is 7.71. The van der Waals surface area contributed by atoms with Gasteiger partial charge in [-0.15, -0.1) is 11.8 Å². The molecule has 86 valence electrons. The monoisotopic (exact) mass is 256 g/mol. The summed E-state index contributed by atoms with van der Waals surface area (Å²) in [5.74, 6) is 0.153. The van der Waals surface area contributed by atoms with Crippen LogP contribution in [0.25, 0.3) is 0 Å². The van der Waals surface area contributed by atoms with Gasteiger partial charge >= 0.3 is 5.97 Å². The van der Waals surface area contributed by atoms with Gasteiger partial charge in [0.1, 0.15) is 0 Å². The predicted molar refractivity (Wildman–Crippen MR) is 66.1 cm³/mol. The molecule has 1 aromatic rings. The van der Waals surface area contributed by atoms with E-state index in [1.165, 1.54) is 0 Å². The molecule has 2 nitrogen and oxygen atoms in total. The molecule has 0 bridgehead atoms. The van der Waals surface area contributed by atoms with E-state index in [1.807, 2.05) is 24.3 Å². The first-order valence-corrected chi connectivity index (χ1v) is 6.57. The van der Waals surface area contributed by atoms with E-state index in [2.05, 4.69) is 0 Å². The number of carboxylic acid groups (broad SMARTS) is 1. The van der Waals surface area contributed by atoms with E-state index in [-0.39, 0.29) is 11.8 Å². The largest absolute Gasteiger partial charge is 0.481 e. The molecule has 1 aliphatic rings. The van der Waals surface area contributed by atoms with Crippen LogP contribution in [0.15, 0.2) is 29.2 Å². The van der Waals surface area contributed by atoms with E-state index in [4.69, 9.17) is 16.7 Å². The average molecular weight is 257 g/mol. The Balaban J connectivity index is 1.93. The summed E-state index contributed by atoms with van der Waals surface area (Å²) in [6.07, 6.45) is 2.33. The molecular formula is C12H13ClO2S. The van der Waals surface area contributed by atoms with Gasteiger partial charge in [-0.3, -0.25) is 4.79 Å². The number of hydrogen-bond donors (Lipinski definition) is 1. The third-order valence-corrected chi connectivity index (χ3v) is 4.72. The number of rotatable bonds is 5. The van der Waals surface area contributed by atoms with Crippen molar-refractivity contribution in [2.24, 2.45) is 5.41 Å². The molecule has 1 saturated carbocycles. The highest BCUT2D eigenvalue weighted by Crippen LogP contribution is 2.52. The normalized spacial score (nSPS) is 17.1. The SMILES string of the molecule is O=C(O)CC1(CSc2ccccc2Cl)CC1. The van der Waals surface area contributed by atoms with E-state index in [9.17, 15) is 4.79 Å². The van der Waals surface area contributed by atoms with Gasteiger partial charge in [0.15, 0.2) is 0 Å². The Bertz CT molecular complexity index is 402. The van der Waals surface area contributed by atoms with E-state index in [0.717, 1.165) is 28.5 Å². The van der Waals surface area contributed by atoms with Crippen molar-refractivity contribution >= 4 is 29.3 Å². The van der Waals surface area contributed by atoms with Gasteiger partial charge in [0.2, 0.25) is 0 Å². The number of carbonyl (C=O) groups is 1. The summed E-state index contributed by atoms with van der Waals surface area (Å²) in [6.45, 7) is 0. The number of carboxylic acids is 1. The minimum atomic E-state index is -0.697. The summed E-state index contributed by atoms with van der Waals surface area (Å²) in [7, 11) is 0. The van der Waals surface area contributed by atoms with Crippen LogP contribution in [0.1, 0.15) is 19.3 Å². The summed E-state index contributed by atoms with van der Waals surface area (Å²) in [6, 6.07) is 7.69. The van der Waals surface area contributed by atoms with Gasteiger partial charge in [-0.2, -0.15) is 0 Å². The Morgan fingerprint density at radius 1 is 1.44 bits per heavy atom. The van der Waals surface area contributed by atoms with Crippen LogP contribution in [0, 0.1) is 5.41 Å². The number of aliphatic carboxylic acids is 1. The van der Waals surface area contributed by atoms with Crippen molar-refractivity contribution in [3.8, 4) is 0 Å². The summed E-state index contributed by atoms with van der Waals surface area (Å²) in [5, 5.41) is 9.55. The van der Waals surface area contributed by atoms with Crippen molar-refractivity contribution in [2.75, 3.05) is 5.75 Å². The molecular weight excluding hydrogens is 244 g/mol. The minimum Gasteiger partial charge on any atom is -0.481 e. The first kappa shape index (κ1) is 11.8. The van der Waals surface area contributed by atoms with Crippen molar-refractivity contribution < 1.29 is 9.90 Å². The van der Waals surface area contributed by atoms with Crippen LogP contribution in [0.2, 0.25) is 5.02 Å². The fourth-order valence-corrected chi connectivity index (χ4v) is 3.19. The molecule has 1 N–H and O–H groups in total. The third kappa shape index (κ3) is 2.92. The Morgan fingerprint density at radius 3 is 2.69 bits per heavy atom. The molecule has 0 unspecified atom stereocenters. The number of halogens is 1. The zero-order valence-electron chi connectivity index (χ0n) is 8.78.